The lowest BCUT2D eigenvalue weighted by Crippen LogP contribution is -1.99. The highest BCUT2D eigenvalue weighted by molar-refractivity contribution is 5.88. The molecule has 13 heavy (non-hydrogen) atoms. The van der Waals surface area contributed by atoms with Crippen LogP contribution in [0, 0.1) is 11.8 Å². The molecule has 0 bridgehead atoms. The van der Waals surface area contributed by atoms with E-state index in [1.807, 2.05) is 0 Å². The molecule has 0 saturated heterocycles. The highest BCUT2D eigenvalue weighted by atomic mass is 16.5. The summed E-state index contributed by atoms with van der Waals surface area (Å²) in [5.41, 5.74) is 0.565. The van der Waals surface area contributed by atoms with Gasteiger partial charge in [-0.2, -0.15) is 5.10 Å². The van der Waals surface area contributed by atoms with Gasteiger partial charge in [-0.15, -0.1) is 0 Å². The molecule has 0 aromatic carbocycles. The summed E-state index contributed by atoms with van der Waals surface area (Å²) in [5.74, 6) is 4.40. The first-order valence-corrected chi connectivity index (χ1v) is 3.91. The second-order valence-corrected chi connectivity index (χ2v) is 2.35. The molecule has 0 aliphatic heterocycles. The van der Waals surface area contributed by atoms with E-state index in [9.17, 15) is 4.79 Å². The van der Waals surface area contributed by atoms with Crippen molar-refractivity contribution in [1.82, 2.24) is 9.78 Å². The van der Waals surface area contributed by atoms with Crippen LogP contribution in [0.25, 0.3) is 0 Å². The Balaban J connectivity index is 2.62. The molecule has 4 heteroatoms. The van der Waals surface area contributed by atoms with Gasteiger partial charge in [0.05, 0.1) is 6.61 Å². The number of hydrogen-bond acceptors (Lipinski definition) is 3. The smallest absolute Gasteiger partial charge is 0.384 e. The first-order valence-electron chi connectivity index (χ1n) is 3.91. The highest BCUT2D eigenvalue weighted by Gasteiger charge is 1.94. The number of carbonyl (C=O) groups is 1. The van der Waals surface area contributed by atoms with Crippen LogP contribution in [-0.2, 0) is 16.6 Å². The summed E-state index contributed by atoms with van der Waals surface area (Å²) in [6.07, 6.45) is 1.76. The molecule has 1 aromatic heterocycles. The normalized spacial score (nSPS) is 8.77. The maximum Gasteiger partial charge on any atom is 0.384 e. The number of nitrogens with zero attached hydrogens (tertiary/aromatic N) is 2. The summed E-state index contributed by atoms with van der Waals surface area (Å²) in [6.45, 7) is 2.08. The quantitative estimate of drug-likeness (QED) is 0.460. The fourth-order valence-electron chi connectivity index (χ4n) is 0.764. The van der Waals surface area contributed by atoms with E-state index in [1.54, 1.807) is 30.9 Å². The van der Waals surface area contributed by atoms with Gasteiger partial charge in [0.2, 0.25) is 0 Å². The molecule has 0 aliphatic carbocycles. The lowest BCUT2D eigenvalue weighted by Gasteiger charge is -1.89. The molecule has 1 heterocycles. The van der Waals surface area contributed by atoms with Gasteiger partial charge in [0, 0.05) is 19.2 Å². The summed E-state index contributed by atoms with van der Waals surface area (Å²) < 4.78 is 6.24. The predicted molar refractivity (Wildman–Crippen MR) is 46.7 cm³/mol. The molecule has 0 unspecified atom stereocenters. The van der Waals surface area contributed by atoms with E-state index in [2.05, 4.69) is 21.7 Å². The van der Waals surface area contributed by atoms with Crippen molar-refractivity contribution in [2.24, 2.45) is 7.05 Å². The molecular formula is C9H10N2O2. The molecule has 0 aliphatic rings. The largest absolute Gasteiger partial charge is 0.456 e. The summed E-state index contributed by atoms with van der Waals surface area (Å²) in [4.78, 5) is 10.8. The molecular weight excluding hydrogens is 168 g/mol. The lowest BCUT2D eigenvalue weighted by atomic mass is 10.4. The molecule has 1 aromatic rings. The zero-order chi connectivity index (χ0) is 9.68. The van der Waals surface area contributed by atoms with Crippen molar-refractivity contribution in [3.05, 3.63) is 18.0 Å². The van der Waals surface area contributed by atoms with Gasteiger partial charge in [0.25, 0.3) is 0 Å². The molecule has 0 atom stereocenters. The van der Waals surface area contributed by atoms with Crippen molar-refractivity contribution in [2.75, 3.05) is 6.61 Å². The van der Waals surface area contributed by atoms with Crippen molar-refractivity contribution in [1.29, 1.82) is 0 Å². The Morgan fingerprint density at radius 3 is 3.08 bits per heavy atom. The number of rotatable bonds is 1. The Hall–Kier alpha value is -1.76. The molecule has 0 saturated carbocycles. The van der Waals surface area contributed by atoms with E-state index in [1.165, 1.54) is 0 Å². The fourth-order valence-corrected chi connectivity index (χ4v) is 0.764. The lowest BCUT2D eigenvalue weighted by molar-refractivity contribution is -0.136. The first-order chi connectivity index (χ1) is 6.22. The van der Waals surface area contributed by atoms with E-state index in [0.29, 0.717) is 12.3 Å². The third-order valence-electron chi connectivity index (χ3n) is 1.28. The minimum absolute atomic E-state index is 0.343. The van der Waals surface area contributed by atoms with E-state index in [-0.39, 0.29) is 0 Å². The van der Waals surface area contributed by atoms with Crippen molar-refractivity contribution in [3.8, 4) is 11.8 Å². The minimum Gasteiger partial charge on any atom is -0.456 e. The monoisotopic (exact) mass is 178 g/mol. The number of aryl methyl sites for hydroxylation is 1. The van der Waals surface area contributed by atoms with Gasteiger partial charge in [-0.05, 0) is 18.9 Å². The molecule has 0 amide bonds. The Morgan fingerprint density at radius 2 is 2.54 bits per heavy atom. The first kappa shape index (κ1) is 9.33. The average Bonchev–Trinajstić information content (AvgIpc) is 2.49. The molecule has 0 radical (unpaired) electrons. The van der Waals surface area contributed by atoms with Crippen LogP contribution in [-0.4, -0.2) is 22.4 Å². The van der Waals surface area contributed by atoms with Crippen LogP contribution < -0.4 is 0 Å². The highest BCUT2D eigenvalue weighted by Crippen LogP contribution is 1.89. The predicted octanol–water partition coefficient (Wildman–Crippen LogP) is 0.335. The van der Waals surface area contributed by atoms with Crippen molar-refractivity contribution < 1.29 is 9.53 Å². The summed E-state index contributed by atoms with van der Waals surface area (Å²) in [5, 5.41) is 3.98. The van der Waals surface area contributed by atoms with Crippen LogP contribution in [0.5, 0.6) is 0 Å². The van der Waals surface area contributed by atoms with E-state index in [0.717, 1.165) is 0 Å². The van der Waals surface area contributed by atoms with Gasteiger partial charge in [-0.3, -0.25) is 4.68 Å². The number of hydrogen-bond donors (Lipinski definition) is 0. The number of carbonyl (C=O) groups excluding carboxylic acids is 1. The Morgan fingerprint density at radius 1 is 1.77 bits per heavy atom. The van der Waals surface area contributed by atoms with Gasteiger partial charge >= 0.3 is 5.97 Å². The Kier molecular flexibility index (Phi) is 3.09. The van der Waals surface area contributed by atoms with Crippen molar-refractivity contribution >= 4 is 5.97 Å². The minimum atomic E-state index is -0.520. The third kappa shape index (κ3) is 2.99. The van der Waals surface area contributed by atoms with Crippen molar-refractivity contribution in [2.45, 2.75) is 6.92 Å². The molecule has 4 nitrogen and oxygen atoms in total. The van der Waals surface area contributed by atoms with Crippen molar-refractivity contribution in [3.63, 3.8) is 0 Å². The van der Waals surface area contributed by atoms with Gasteiger partial charge in [-0.25, -0.2) is 4.79 Å². The van der Waals surface area contributed by atoms with E-state index in [4.69, 9.17) is 0 Å². The van der Waals surface area contributed by atoms with Gasteiger partial charge in [-0.1, -0.05) is 0 Å². The second kappa shape index (κ2) is 4.31. The van der Waals surface area contributed by atoms with E-state index < -0.39 is 5.97 Å². The zero-order valence-electron chi connectivity index (χ0n) is 7.57. The molecule has 0 spiro atoms. The van der Waals surface area contributed by atoms with Crippen LogP contribution in [0.1, 0.15) is 12.6 Å². The third-order valence-corrected chi connectivity index (χ3v) is 1.28. The van der Waals surface area contributed by atoms with Gasteiger partial charge < -0.3 is 4.74 Å². The Bertz CT molecular complexity index is 357. The van der Waals surface area contributed by atoms with Crippen LogP contribution in [0.2, 0.25) is 0 Å². The molecule has 68 valence electrons. The van der Waals surface area contributed by atoms with Crippen LogP contribution in [0.15, 0.2) is 12.3 Å². The maximum absolute atomic E-state index is 10.8. The SMILES string of the molecule is CCOC(=O)C#Cc1ccn(C)n1. The molecule has 1 rings (SSSR count). The van der Waals surface area contributed by atoms with E-state index >= 15 is 0 Å². The second-order valence-electron chi connectivity index (χ2n) is 2.35. The number of ether oxygens (including phenoxy) is 1. The van der Waals surface area contributed by atoms with Crippen LogP contribution in [0.3, 0.4) is 0 Å². The fraction of sp³-hybridized carbons (Fsp3) is 0.333. The zero-order valence-corrected chi connectivity index (χ0v) is 7.57. The number of esters is 1. The van der Waals surface area contributed by atoms with Gasteiger partial charge in [0.1, 0.15) is 5.69 Å². The summed E-state index contributed by atoms with van der Waals surface area (Å²) >= 11 is 0. The topological polar surface area (TPSA) is 44.1 Å². The maximum atomic E-state index is 10.8. The number of aromatic nitrogens is 2. The molecule has 0 N–H and O–H groups in total. The van der Waals surface area contributed by atoms with Gasteiger partial charge in [0.15, 0.2) is 0 Å². The average molecular weight is 178 g/mol. The summed E-state index contributed by atoms with van der Waals surface area (Å²) in [6, 6.07) is 1.73. The van der Waals surface area contributed by atoms with Crippen LogP contribution in [0.4, 0.5) is 0 Å². The Labute approximate surface area is 76.5 Å². The summed E-state index contributed by atoms with van der Waals surface area (Å²) in [7, 11) is 1.79. The molecule has 0 fully saturated rings. The standard InChI is InChI=1S/C9H10N2O2/c1-3-13-9(12)5-4-8-6-7-11(2)10-8/h6-7H,3H2,1-2H3. The van der Waals surface area contributed by atoms with Crippen LogP contribution >= 0.6 is 0 Å².